The fraction of sp³-hybridized carbons (Fsp3) is 0.391. The molecule has 1 N–H and O–H groups in total. The van der Waals surface area contributed by atoms with Gasteiger partial charge in [0.05, 0.1) is 10.2 Å². The van der Waals surface area contributed by atoms with E-state index in [0.717, 1.165) is 60.9 Å². The number of para-hydroxylation sites is 1. The fourth-order valence-corrected chi connectivity index (χ4v) is 4.86. The van der Waals surface area contributed by atoms with E-state index >= 15 is 0 Å². The normalized spacial score (nSPS) is 15.0. The SMILES string of the molecule is CCc1cccc2sc(N3CCN(CCNC(=O)c4cccc(C)c4)CC3)nc12. The number of rotatable bonds is 6. The van der Waals surface area contributed by atoms with Gasteiger partial charge in [-0.05, 0) is 37.1 Å². The molecular weight excluding hydrogens is 380 g/mol. The van der Waals surface area contributed by atoms with E-state index in [0.29, 0.717) is 6.54 Å². The first-order chi connectivity index (χ1) is 14.1. The van der Waals surface area contributed by atoms with Crippen molar-refractivity contribution in [2.45, 2.75) is 20.3 Å². The quantitative estimate of drug-likeness (QED) is 0.675. The topological polar surface area (TPSA) is 48.5 Å². The summed E-state index contributed by atoms with van der Waals surface area (Å²) in [6.07, 6.45) is 1.02. The lowest BCUT2D eigenvalue weighted by Crippen LogP contribution is -2.48. The zero-order chi connectivity index (χ0) is 20.2. The number of amides is 1. The first-order valence-electron chi connectivity index (χ1n) is 10.3. The molecule has 0 saturated carbocycles. The first-order valence-corrected chi connectivity index (χ1v) is 11.2. The molecule has 0 atom stereocenters. The second kappa shape index (κ2) is 8.93. The van der Waals surface area contributed by atoms with Crippen LogP contribution in [0, 0.1) is 6.92 Å². The van der Waals surface area contributed by atoms with Crippen LogP contribution in [0.25, 0.3) is 10.2 Å². The number of fused-ring (bicyclic) bond motifs is 1. The van der Waals surface area contributed by atoms with Crippen molar-refractivity contribution >= 4 is 32.6 Å². The van der Waals surface area contributed by atoms with Gasteiger partial charge in [-0.2, -0.15) is 0 Å². The summed E-state index contributed by atoms with van der Waals surface area (Å²) in [5, 5.41) is 4.17. The van der Waals surface area contributed by atoms with Crippen LogP contribution in [0.4, 0.5) is 5.13 Å². The molecule has 5 nitrogen and oxygen atoms in total. The van der Waals surface area contributed by atoms with E-state index in [-0.39, 0.29) is 5.91 Å². The number of hydrogen-bond acceptors (Lipinski definition) is 5. The van der Waals surface area contributed by atoms with E-state index < -0.39 is 0 Å². The van der Waals surface area contributed by atoms with Gasteiger partial charge in [0, 0.05) is 44.8 Å². The van der Waals surface area contributed by atoms with Gasteiger partial charge in [0.25, 0.3) is 5.91 Å². The summed E-state index contributed by atoms with van der Waals surface area (Å²) in [5.74, 6) is 0.00791. The number of thiazole rings is 1. The summed E-state index contributed by atoms with van der Waals surface area (Å²) in [6, 6.07) is 14.2. The number of hydrogen-bond donors (Lipinski definition) is 1. The van der Waals surface area contributed by atoms with Crippen molar-refractivity contribution in [2.24, 2.45) is 0 Å². The van der Waals surface area contributed by atoms with Gasteiger partial charge in [-0.3, -0.25) is 9.69 Å². The average molecular weight is 409 g/mol. The Morgan fingerprint density at radius 2 is 1.93 bits per heavy atom. The third-order valence-electron chi connectivity index (χ3n) is 5.51. The Kier molecular flexibility index (Phi) is 6.11. The summed E-state index contributed by atoms with van der Waals surface area (Å²) < 4.78 is 1.28. The molecule has 3 aromatic rings. The number of piperazine rings is 1. The van der Waals surface area contributed by atoms with Crippen molar-refractivity contribution < 1.29 is 4.79 Å². The van der Waals surface area contributed by atoms with E-state index in [1.54, 1.807) is 11.3 Å². The van der Waals surface area contributed by atoms with E-state index in [2.05, 4.69) is 40.2 Å². The van der Waals surface area contributed by atoms with Crippen molar-refractivity contribution in [1.82, 2.24) is 15.2 Å². The number of benzene rings is 2. The van der Waals surface area contributed by atoms with Crippen LogP contribution in [0.3, 0.4) is 0 Å². The lowest BCUT2D eigenvalue weighted by atomic mass is 10.1. The monoisotopic (exact) mass is 408 g/mol. The first kappa shape index (κ1) is 19.9. The molecule has 0 radical (unpaired) electrons. The van der Waals surface area contributed by atoms with Crippen LogP contribution in [-0.2, 0) is 6.42 Å². The Labute approximate surface area is 176 Å². The molecule has 4 rings (SSSR count). The molecule has 29 heavy (non-hydrogen) atoms. The number of nitrogens with zero attached hydrogens (tertiary/aromatic N) is 3. The van der Waals surface area contributed by atoms with Crippen LogP contribution in [0.1, 0.15) is 28.4 Å². The number of carbonyl (C=O) groups excluding carboxylic acids is 1. The van der Waals surface area contributed by atoms with Crippen molar-refractivity contribution in [3.8, 4) is 0 Å². The lowest BCUT2D eigenvalue weighted by molar-refractivity contribution is 0.0947. The number of carbonyl (C=O) groups is 1. The second-order valence-electron chi connectivity index (χ2n) is 7.57. The van der Waals surface area contributed by atoms with Crippen molar-refractivity contribution in [2.75, 3.05) is 44.2 Å². The molecule has 1 saturated heterocycles. The highest BCUT2D eigenvalue weighted by Gasteiger charge is 2.20. The molecular formula is C23H28N4OS. The predicted octanol–water partition coefficient (Wildman–Crippen LogP) is 3.72. The zero-order valence-corrected chi connectivity index (χ0v) is 18.0. The van der Waals surface area contributed by atoms with Crippen LogP contribution in [-0.4, -0.2) is 55.1 Å². The molecule has 1 aromatic heterocycles. The van der Waals surface area contributed by atoms with E-state index in [1.807, 2.05) is 31.2 Å². The number of aromatic nitrogens is 1. The van der Waals surface area contributed by atoms with Crippen LogP contribution in [0.5, 0.6) is 0 Å². The maximum Gasteiger partial charge on any atom is 0.251 e. The third kappa shape index (κ3) is 4.60. The summed E-state index contributed by atoms with van der Waals surface area (Å²) in [5.41, 5.74) is 4.33. The molecule has 1 aliphatic heterocycles. The minimum atomic E-state index is 0.00791. The number of aryl methyl sites for hydroxylation is 2. The molecule has 1 aliphatic rings. The Hall–Kier alpha value is -2.44. The minimum absolute atomic E-state index is 0.00791. The predicted molar refractivity (Wildman–Crippen MR) is 121 cm³/mol. The summed E-state index contributed by atoms with van der Waals surface area (Å²) in [4.78, 5) is 22.0. The molecule has 0 bridgehead atoms. The van der Waals surface area contributed by atoms with Gasteiger partial charge in [-0.15, -0.1) is 0 Å². The van der Waals surface area contributed by atoms with E-state index in [9.17, 15) is 4.79 Å². The standard InChI is InChI=1S/C23H28N4OS/c1-3-18-7-5-9-20-21(18)25-23(29-20)27-14-12-26(13-15-27)11-10-24-22(28)19-8-4-6-17(2)16-19/h4-9,16H,3,10-15H2,1-2H3,(H,24,28). The average Bonchev–Trinajstić information content (AvgIpc) is 3.18. The highest BCUT2D eigenvalue weighted by atomic mass is 32.1. The number of nitrogens with one attached hydrogen (secondary N) is 1. The molecule has 152 valence electrons. The van der Waals surface area contributed by atoms with Gasteiger partial charge in [-0.1, -0.05) is 48.1 Å². The van der Waals surface area contributed by atoms with Gasteiger partial charge in [0.15, 0.2) is 5.13 Å². The molecule has 0 spiro atoms. The molecule has 6 heteroatoms. The van der Waals surface area contributed by atoms with Crippen molar-refractivity contribution in [1.29, 1.82) is 0 Å². The molecule has 1 fully saturated rings. The highest BCUT2D eigenvalue weighted by Crippen LogP contribution is 2.31. The lowest BCUT2D eigenvalue weighted by Gasteiger charge is -2.34. The molecule has 1 amide bonds. The molecule has 2 heterocycles. The van der Waals surface area contributed by atoms with Crippen molar-refractivity contribution in [3.63, 3.8) is 0 Å². The van der Waals surface area contributed by atoms with Gasteiger partial charge in [0.1, 0.15) is 0 Å². The summed E-state index contributed by atoms with van der Waals surface area (Å²) >= 11 is 1.79. The van der Waals surface area contributed by atoms with Crippen LogP contribution in [0.15, 0.2) is 42.5 Å². The molecule has 2 aromatic carbocycles. The Bertz CT molecular complexity index is 991. The molecule has 0 aliphatic carbocycles. The Morgan fingerprint density at radius 1 is 1.14 bits per heavy atom. The number of anilines is 1. The Morgan fingerprint density at radius 3 is 2.69 bits per heavy atom. The smallest absolute Gasteiger partial charge is 0.251 e. The van der Waals surface area contributed by atoms with Crippen LogP contribution >= 0.6 is 11.3 Å². The van der Waals surface area contributed by atoms with Gasteiger partial charge >= 0.3 is 0 Å². The van der Waals surface area contributed by atoms with Gasteiger partial charge in [0.2, 0.25) is 0 Å². The van der Waals surface area contributed by atoms with E-state index in [4.69, 9.17) is 4.98 Å². The van der Waals surface area contributed by atoms with Crippen molar-refractivity contribution in [3.05, 3.63) is 59.2 Å². The zero-order valence-electron chi connectivity index (χ0n) is 17.1. The minimum Gasteiger partial charge on any atom is -0.351 e. The van der Waals surface area contributed by atoms with Gasteiger partial charge < -0.3 is 10.2 Å². The summed E-state index contributed by atoms with van der Waals surface area (Å²) in [6.45, 7) is 9.70. The highest BCUT2D eigenvalue weighted by molar-refractivity contribution is 7.22. The maximum atomic E-state index is 12.3. The van der Waals surface area contributed by atoms with Crippen LogP contribution < -0.4 is 10.2 Å². The molecule has 0 unspecified atom stereocenters. The van der Waals surface area contributed by atoms with Gasteiger partial charge in [-0.25, -0.2) is 4.98 Å². The Balaban J connectivity index is 1.27. The second-order valence-corrected chi connectivity index (χ2v) is 8.58. The van der Waals surface area contributed by atoms with E-state index in [1.165, 1.54) is 10.3 Å². The third-order valence-corrected chi connectivity index (χ3v) is 6.59. The van der Waals surface area contributed by atoms with Crippen LogP contribution in [0.2, 0.25) is 0 Å². The maximum absolute atomic E-state index is 12.3. The largest absolute Gasteiger partial charge is 0.351 e. The fourth-order valence-electron chi connectivity index (χ4n) is 3.79. The summed E-state index contributed by atoms with van der Waals surface area (Å²) in [7, 11) is 0.